The number of alkyl carbamates (subject to hydrolysis) is 1. The molecule has 0 unspecified atom stereocenters. The molecular weight excluding hydrogens is 534 g/mol. The minimum Gasteiger partial charge on any atom is -0.464 e. The quantitative estimate of drug-likeness (QED) is 0.333. The Kier molecular flexibility index (Phi) is 9.78. The van der Waals surface area contributed by atoms with E-state index in [2.05, 4.69) is 43.3 Å². The molecule has 0 spiro atoms. The van der Waals surface area contributed by atoms with Crippen molar-refractivity contribution in [3.63, 3.8) is 0 Å². The van der Waals surface area contributed by atoms with Gasteiger partial charge in [0.2, 0.25) is 0 Å². The molecule has 0 saturated carbocycles. The molecule has 4 N–H and O–H groups in total. The molecule has 5 rings (SSSR count). The van der Waals surface area contributed by atoms with Gasteiger partial charge in [0, 0.05) is 43.4 Å². The van der Waals surface area contributed by atoms with Crippen molar-refractivity contribution in [2.24, 2.45) is 4.99 Å². The number of anilines is 1. The number of aryl methyl sites for hydroxylation is 1. The fourth-order valence-corrected chi connectivity index (χ4v) is 5.61. The Morgan fingerprint density at radius 3 is 2.69 bits per heavy atom. The minimum absolute atomic E-state index is 0.106. The van der Waals surface area contributed by atoms with Crippen molar-refractivity contribution in [1.29, 1.82) is 0 Å². The molecule has 2 aromatic rings. The molecule has 1 fully saturated rings. The zero-order chi connectivity index (χ0) is 29.3. The van der Waals surface area contributed by atoms with Gasteiger partial charge in [-0.2, -0.15) is 0 Å². The standard InChI is InChI=1S/C31H41N7O4/c1-3-41-30(39)26(37-31(40)42-19-22-8-5-4-6-9-22)18-33-27-21(2)29(35-20-34-27)38-16-13-23(14-17-38)25-12-11-24-10-7-15-32-28(24)36-25/h4-6,8-9,11-12,23,26,35H,3,7,10,13-20H2,1-2H3,(H,32,36)(H,33,34)(H,37,40)/t26-/m0/s1. The predicted molar refractivity (Wildman–Crippen MR) is 161 cm³/mol. The average molecular weight is 576 g/mol. The zero-order valence-electron chi connectivity index (χ0n) is 24.4. The van der Waals surface area contributed by atoms with Crippen LogP contribution >= 0.6 is 0 Å². The van der Waals surface area contributed by atoms with Crippen molar-refractivity contribution in [2.75, 3.05) is 44.8 Å². The Labute approximate surface area is 247 Å². The van der Waals surface area contributed by atoms with Crippen molar-refractivity contribution in [2.45, 2.75) is 58.1 Å². The van der Waals surface area contributed by atoms with E-state index in [0.29, 0.717) is 18.4 Å². The maximum Gasteiger partial charge on any atom is 0.408 e. The second kappa shape index (κ2) is 14.1. The highest BCUT2D eigenvalue weighted by atomic mass is 16.6. The molecule has 3 aliphatic rings. The number of piperidine rings is 1. The lowest BCUT2D eigenvalue weighted by Gasteiger charge is -2.37. The normalized spacial score (nSPS) is 17.7. The van der Waals surface area contributed by atoms with Crippen LogP contribution in [0.25, 0.3) is 0 Å². The maximum absolute atomic E-state index is 12.6. The number of fused-ring (bicyclic) bond motifs is 1. The van der Waals surface area contributed by atoms with Crippen LogP contribution in [0.4, 0.5) is 10.6 Å². The van der Waals surface area contributed by atoms with Gasteiger partial charge in [0.1, 0.15) is 36.8 Å². The number of rotatable bonds is 9. The summed E-state index contributed by atoms with van der Waals surface area (Å²) in [4.78, 5) is 37.0. The van der Waals surface area contributed by atoms with Crippen LogP contribution in [-0.2, 0) is 27.3 Å². The number of carbonyl (C=O) groups is 2. The van der Waals surface area contributed by atoms with Crippen LogP contribution in [0.2, 0.25) is 0 Å². The minimum atomic E-state index is -0.934. The number of benzene rings is 1. The Balaban J connectivity index is 1.16. The Bertz CT molecular complexity index is 1310. The summed E-state index contributed by atoms with van der Waals surface area (Å²) in [6.45, 7) is 7.40. The van der Waals surface area contributed by atoms with Crippen LogP contribution in [0.1, 0.15) is 55.8 Å². The van der Waals surface area contributed by atoms with Crippen molar-refractivity contribution >= 4 is 23.7 Å². The van der Waals surface area contributed by atoms with Gasteiger partial charge in [-0.15, -0.1) is 0 Å². The van der Waals surface area contributed by atoms with Gasteiger partial charge in [-0.25, -0.2) is 19.6 Å². The number of aliphatic imine (C=N–C) groups is 1. The van der Waals surface area contributed by atoms with Gasteiger partial charge >= 0.3 is 12.1 Å². The summed E-state index contributed by atoms with van der Waals surface area (Å²) in [7, 11) is 0. The number of ether oxygens (including phenoxy) is 2. The van der Waals surface area contributed by atoms with Gasteiger partial charge < -0.3 is 35.6 Å². The summed E-state index contributed by atoms with van der Waals surface area (Å²) in [6, 6.07) is 12.9. The molecule has 1 atom stereocenters. The summed E-state index contributed by atoms with van der Waals surface area (Å²) in [5.41, 5.74) is 4.31. The number of aromatic nitrogens is 1. The van der Waals surface area contributed by atoms with Crippen LogP contribution in [0, 0.1) is 0 Å². The molecule has 1 saturated heterocycles. The zero-order valence-corrected chi connectivity index (χ0v) is 24.4. The van der Waals surface area contributed by atoms with E-state index in [1.165, 1.54) is 11.3 Å². The molecule has 224 valence electrons. The van der Waals surface area contributed by atoms with E-state index in [9.17, 15) is 9.59 Å². The van der Waals surface area contributed by atoms with Gasteiger partial charge in [-0.1, -0.05) is 36.4 Å². The van der Waals surface area contributed by atoms with Crippen LogP contribution < -0.4 is 21.3 Å². The van der Waals surface area contributed by atoms with E-state index in [4.69, 9.17) is 14.5 Å². The lowest BCUT2D eigenvalue weighted by molar-refractivity contribution is -0.145. The maximum atomic E-state index is 12.6. The highest BCUT2D eigenvalue weighted by Gasteiger charge is 2.28. The Hall–Kier alpha value is -4.28. The molecule has 1 aromatic carbocycles. The van der Waals surface area contributed by atoms with E-state index in [-0.39, 0.29) is 19.8 Å². The van der Waals surface area contributed by atoms with Crippen molar-refractivity contribution in [3.8, 4) is 0 Å². The van der Waals surface area contributed by atoms with Gasteiger partial charge in [0.05, 0.1) is 6.61 Å². The number of pyridine rings is 1. The third kappa shape index (κ3) is 7.32. The first-order chi connectivity index (χ1) is 20.5. The molecule has 1 amide bonds. The number of likely N-dealkylation sites (tertiary alicyclic amines) is 1. The van der Waals surface area contributed by atoms with Gasteiger partial charge in [0.25, 0.3) is 0 Å². The lowest BCUT2D eigenvalue weighted by atomic mass is 9.92. The molecule has 11 heteroatoms. The van der Waals surface area contributed by atoms with E-state index >= 15 is 0 Å². The van der Waals surface area contributed by atoms with E-state index < -0.39 is 18.1 Å². The number of amides is 1. The van der Waals surface area contributed by atoms with Crippen molar-refractivity contribution < 1.29 is 19.1 Å². The average Bonchev–Trinajstić information content (AvgIpc) is 3.03. The molecule has 0 aliphatic carbocycles. The predicted octanol–water partition coefficient (Wildman–Crippen LogP) is 3.26. The molecule has 0 radical (unpaired) electrons. The molecule has 1 aromatic heterocycles. The lowest BCUT2D eigenvalue weighted by Crippen LogP contribution is -2.50. The summed E-state index contributed by atoms with van der Waals surface area (Å²) >= 11 is 0. The van der Waals surface area contributed by atoms with E-state index in [0.717, 1.165) is 68.1 Å². The first kappa shape index (κ1) is 29.2. The molecule has 3 aliphatic heterocycles. The van der Waals surface area contributed by atoms with Crippen LogP contribution in [0.15, 0.2) is 58.9 Å². The number of nitrogens with zero attached hydrogens (tertiary/aromatic N) is 3. The fraction of sp³-hybridized carbons (Fsp3) is 0.484. The SMILES string of the molecule is CCOC(=O)[C@H](CNC1=NCNC(N2CCC(c3ccc4c(n3)NCCC4)CC2)=C1C)NC(=O)OCc1ccccc1. The van der Waals surface area contributed by atoms with Crippen molar-refractivity contribution in [1.82, 2.24) is 25.8 Å². The number of amidine groups is 1. The van der Waals surface area contributed by atoms with E-state index in [1.807, 2.05) is 37.3 Å². The summed E-state index contributed by atoms with van der Waals surface area (Å²) in [5.74, 6) is 2.67. The van der Waals surface area contributed by atoms with Crippen molar-refractivity contribution in [3.05, 3.63) is 70.7 Å². The second-order valence-corrected chi connectivity index (χ2v) is 10.7. The van der Waals surface area contributed by atoms with E-state index in [1.54, 1.807) is 6.92 Å². The van der Waals surface area contributed by atoms with Crippen LogP contribution in [0.5, 0.6) is 0 Å². The van der Waals surface area contributed by atoms with Crippen LogP contribution in [0.3, 0.4) is 0 Å². The second-order valence-electron chi connectivity index (χ2n) is 10.7. The summed E-state index contributed by atoms with van der Waals surface area (Å²) in [5, 5.41) is 12.8. The number of carbonyl (C=O) groups excluding carboxylic acids is 2. The molecule has 11 nitrogen and oxygen atoms in total. The summed E-state index contributed by atoms with van der Waals surface area (Å²) in [6.07, 6.45) is 3.61. The Morgan fingerprint density at radius 1 is 1.10 bits per heavy atom. The largest absolute Gasteiger partial charge is 0.464 e. The molecule has 42 heavy (non-hydrogen) atoms. The molecular formula is C31H41N7O4. The fourth-order valence-electron chi connectivity index (χ4n) is 5.61. The van der Waals surface area contributed by atoms with Crippen LogP contribution in [-0.4, -0.2) is 73.3 Å². The third-order valence-corrected chi connectivity index (χ3v) is 7.89. The number of nitrogens with one attached hydrogen (secondary N) is 4. The highest BCUT2D eigenvalue weighted by Crippen LogP contribution is 2.31. The first-order valence-electron chi connectivity index (χ1n) is 14.9. The van der Waals surface area contributed by atoms with Gasteiger partial charge in [0.15, 0.2) is 0 Å². The summed E-state index contributed by atoms with van der Waals surface area (Å²) < 4.78 is 10.5. The molecule has 0 bridgehead atoms. The third-order valence-electron chi connectivity index (χ3n) is 7.89. The Morgan fingerprint density at radius 2 is 1.90 bits per heavy atom. The number of esters is 1. The highest BCUT2D eigenvalue weighted by molar-refractivity contribution is 5.99. The number of hydrogen-bond acceptors (Lipinski definition) is 10. The topological polar surface area (TPSA) is 129 Å². The molecule has 4 heterocycles. The van der Waals surface area contributed by atoms with Gasteiger partial charge in [-0.05, 0) is 56.7 Å². The monoisotopic (exact) mass is 575 g/mol. The smallest absolute Gasteiger partial charge is 0.408 e. The van der Waals surface area contributed by atoms with Gasteiger partial charge in [-0.3, -0.25) is 0 Å². The first-order valence-corrected chi connectivity index (χ1v) is 14.9. The number of hydrogen-bond donors (Lipinski definition) is 4.